The Hall–Kier alpha value is -5.66. The van der Waals surface area contributed by atoms with Crippen LogP contribution in [0, 0.1) is 0 Å². The molecule has 0 aliphatic rings. The van der Waals surface area contributed by atoms with Crippen LogP contribution in [0.1, 0.15) is 15.1 Å². The highest BCUT2D eigenvalue weighted by molar-refractivity contribution is 6.24. The Bertz CT molecular complexity index is 3040. The first-order valence-electron chi connectivity index (χ1n) is 19.4. The molecule has 0 N–H and O–H groups in total. The second-order valence-electron chi connectivity index (χ2n) is 10.4. The predicted molar refractivity (Wildman–Crippen MR) is 183 cm³/mol. The molecular weight excluding hydrogens is 520 g/mol. The summed E-state index contributed by atoms with van der Waals surface area (Å²) in [5.74, 6) is 0. The molecule has 0 aliphatic heterocycles. The highest BCUT2D eigenvalue weighted by Crippen LogP contribution is 2.47. The number of para-hydroxylation sites is 1. The van der Waals surface area contributed by atoms with Gasteiger partial charge in [0.1, 0.15) is 11.2 Å². The van der Waals surface area contributed by atoms with Crippen molar-refractivity contribution in [1.29, 1.82) is 0 Å². The molecule has 1 heteroatoms. The van der Waals surface area contributed by atoms with Crippen LogP contribution in [0.3, 0.4) is 0 Å². The van der Waals surface area contributed by atoms with Crippen molar-refractivity contribution in [3.05, 3.63) is 157 Å². The molecule has 0 saturated carbocycles. The Morgan fingerprint density at radius 2 is 1.02 bits per heavy atom. The molecule has 0 aliphatic carbocycles. The molecule has 0 spiro atoms. The van der Waals surface area contributed by atoms with Crippen LogP contribution in [0.2, 0.25) is 0 Å². The van der Waals surface area contributed by atoms with E-state index in [2.05, 4.69) is 24.3 Å². The van der Waals surface area contributed by atoms with Gasteiger partial charge in [0.2, 0.25) is 0 Å². The lowest BCUT2D eigenvalue weighted by atomic mass is 9.84. The Balaban J connectivity index is 1.54. The molecule has 43 heavy (non-hydrogen) atoms. The van der Waals surface area contributed by atoms with Crippen molar-refractivity contribution in [3.63, 3.8) is 0 Å². The number of rotatable bonds is 3. The van der Waals surface area contributed by atoms with Crippen LogP contribution in [0.25, 0.3) is 87.6 Å². The van der Waals surface area contributed by atoms with E-state index in [0.717, 1.165) is 32.7 Å². The van der Waals surface area contributed by atoms with Gasteiger partial charge in [0, 0.05) is 10.8 Å². The van der Waals surface area contributed by atoms with E-state index in [9.17, 15) is 2.74 Å². The molecule has 1 nitrogen and oxygen atoms in total. The van der Waals surface area contributed by atoms with Crippen molar-refractivity contribution in [2.24, 2.45) is 0 Å². The van der Waals surface area contributed by atoms with E-state index in [1.54, 1.807) is 0 Å². The zero-order valence-electron chi connectivity index (χ0n) is 33.6. The van der Waals surface area contributed by atoms with Gasteiger partial charge in [0.05, 0.1) is 15.1 Å². The molecule has 0 saturated heterocycles. The van der Waals surface area contributed by atoms with Gasteiger partial charge >= 0.3 is 0 Å². The quantitative estimate of drug-likeness (QED) is 0.197. The van der Waals surface area contributed by atoms with Crippen LogP contribution >= 0.6 is 0 Å². The molecule has 0 bridgehead atoms. The molecule has 0 fully saturated rings. The summed E-state index contributed by atoms with van der Waals surface area (Å²) in [5.41, 5.74) is 1.47. The third kappa shape index (κ3) is 3.65. The number of furan rings is 1. The molecular formula is C42H26O. The van der Waals surface area contributed by atoms with Crippen LogP contribution in [0.15, 0.2) is 162 Å². The van der Waals surface area contributed by atoms with Gasteiger partial charge in [0.15, 0.2) is 0 Å². The van der Waals surface area contributed by atoms with Crippen molar-refractivity contribution >= 4 is 54.3 Å². The molecule has 0 amide bonds. The maximum absolute atomic E-state index is 9.95. The van der Waals surface area contributed by atoms with E-state index in [-0.39, 0.29) is 50.7 Å². The highest BCUT2D eigenvalue weighted by Gasteiger charge is 2.20. The summed E-state index contributed by atoms with van der Waals surface area (Å²) < 4.78 is 103. The number of hydrogen-bond acceptors (Lipinski definition) is 1. The minimum atomic E-state index is -0.639. The normalized spacial score (nSPS) is 15.3. The van der Waals surface area contributed by atoms with E-state index in [4.69, 9.17) is 16.8 Å². The van der Waals surface area contributed by atoms with E-state index < -0.39 is 54.4 Å². The van der Waals surface area contributed by atoms with Crippen LogP contribution in [-0.2, 0) is 0 Å². The van der Waals surface area contributed by atoms with Crippen molar-refractivity contribution in [3.8, 4) is 33.4 Å². The maximum atomic E-state index is 9.95. The summed E-state index contributed by atoms with van der Waals surface area (Å²) in [7, 11) is 0. The average molecular weight is 558 g/mol. The molecule has 9 rings (SSSR count). The van der Waals surface area contributed by atoms with Crippen molar-refractivity contribution in [2.45, 2.75) is 0 Å². The minimum Gasteiger partial charge on any atom is -0.456 e. The molecule has 1 aromatic heterocycles. The SMILES string of the molecule is [2H]c1c([2H])c([2H])c(-c2c([2H])c(-c3c4ccccc4c(-c4cccc5ccccc45)c4ccccc34)c([2H])c3oc4c([2H])c([2H])c([2H])c([2H])c4c23)c([2H])c1[2H]. The first-order chi connectivity index (χ1) is 25.9. The lowest BCUT2D eigenvalue weighted by Gasteiger charge is -2.19. The molecule has 0 unspecified atom stereocenters. The van der Waals surface area contributed by atoms with Gasteiger partial charge in [-0.2, -0.15) is 0 Å². The summed E-state index contributed by atoms with van der Waals surface area (Å²) in [6.07, 6.45) is 0. The van der Waals surface area contributed by atoms with E-state index >= 15 is 0 Å². The standard InChI is InChI=1S/C42H26O/c1-2-13-28(14-3-1)37-25-29(26-39-42(37)36-22-10-11-24-38(36)43-39)40-32-18-6-8-20-34(32)41(35-21-9-7-19-33(35)40)31-23-12-16-27-15-4-5-17-30(27)31/h1-26H/i1D,2D,3D,10D,11D,13D,14D,22D,24D,25D,26D. The Morgan fingerprint density at radius 3 is 1.77 bits per heavy atom. The Labute approximate surface area is 264 Å². The summed E-state index contributed by atoms with van der Waals surface area (Å²) in [5, 5.41) is 4.88. The Kier molecular flexibility index (Phi) is 3.41. The summed E-state index contributed by atoms with van der Waals surface area (Å²) in [4.78, 5) is 0. The van der Waals surface area contributed by atoms with Gasteiger partial charge in [-0.15, -0.1) is 0 Å². The van der Waals surface area contributed by atoms with Crippen LogP contribution in [0.5, 0.6) is 0 Å². The number of hydrogen-bond donors (Lipinski definition) is 0. The first kappa shape index (κ1) is 15.5. The van der Waals surface area contributed by atoms with Gasteiger partial charge in [-0.05, 0) is 83.8 Å². The smallest absolute Gasteiger partial charge is 0.136 e. The maximum Gasteiger partial charge on any atom is 0.136 e. The van der Waals surface area contributed by atoms with Crippen LogP contribution < -0.4 is 0 Å². The zero-order valence-corrected chi connectivity index (χ0v) is 22.6. The van der Waals surface area contributed by atoms with Crippen molar-refractivity contribution < 1.29 is 19.5 Å². The van der Waals surface area contributed by atoms with Crippen LogP contribution in [-0.4, -0.2) is 0 Å². The largest absolute Gasteiger partial charge is 0.456 e. The summed E-state index contributed by atoms with van der Waals surface area (Å²) in [6.45, 7) is 0. The Morgan fingerprint density at radius 1 is 0.419 bits per heavy atom. The first-order valence-corrected chi connectivity index (χ1v) is 13.9. The second-order valence-corrected chi connectivity index (χ2v) is 10.4. The monoisotopic (exact) mass is 557 g/mol. The molecule has 1 heterocycles. The topological polar surface area (TPSA) is 13.1 Å². The summed E-state index contributed by atoms with van der Waals surface area (Å²) in [6, 6.07) is 23.7. The molecule has 0 radical (unpaired) electrons. The van der Waals surface area contributed by atoms with Gasteiger partial charge in [-0.25, -0.2) is 0 Å². The lowest BCUT2D eigenvalue weighted by molar-refractivity contribution is 0.669. The third-order valence-electron chi connectivity index (χ3n) is 8.06. The van der Waals surface area contributed by atoms with E-state index in [0.29, 0.717) is 16.3 Å². The van der Waals surface area contributed by atoms with Crippen molar-refractivity contribution in [1.82, 2.24) is 0 Å². The highest BCUT2D eigenvalue weighted by atomic mass is 16.3. The number of fused-ring (bicyclic) bond motifs is 6. The van der Waals surface area contributed by atoms with E-state index in [1.807, 2.05) is 66.7 Å². The fourth-order valence-corrected chi connectivity index (χ4v) is 6.30. The number of benzene rings is 8. The van der Waals surface area contributed by atoms with Gasteiger partial charge < -0.3 is 4.42 Å². The average Bonchev–Trinajstić information content (AvgIpc) is 3.59. The minimum absolute atomic E-state index is 0.0514. The molecule has 9 aromatic rings. The van der Waals surface area contributed by atoms with Crippen LogP contribution in [0.4, 0.5) is 0 Å². The predicted octanol–water partition coefficient (Wildman–Crippen LogP) is 12.0. The zero-order chi connectivity index (χ0) is 37.9. The van der Waals surface area contributed by atoms with Gasteiger partial charge in [-0.1, -0.05) is 139 Å². The van der Waals surface area contributed by atoms with Gasteiger partial charge in [0.25, 0.3) is 0 Å². The molecule has 200 valence electrons. The fourth-order valence-electron chi connectivity index (χ4n) is 6.30. The fraction of sp³-hybridized carbons (Fsp3) is 0. The second kappa shape index (κ2) is 9.44. The molecule has 0 atom stereocenters. The molecule has 8 aromatic carbocycles. The van der Waals surface area contributed by atoms with E-state index in [1.165, 1.54) is 0 Å². The lowest BCUT2D eigenvalue weighted by Crippen LogP contribution is -1.92. The van der Waals surface area contributed by atoms with Crippen molar-refractivity contribution in [2.75, 3.05) is 0 Å². The summed E-state index contributed by atoms with van der Waals surface area (Å²) >= 11 is 0. The van der Waals surface area contributed by atoms with Gasteiger partial charge in [-0.3, -0.25) is 0 Å². The third-order valence-corrected chi connectivity index (χ3v) is 8.06.